The van der Waals surface area contributed by atoms with Gasteiger partial charge in [-0.1, -0.05) is 212 Å². The third-order valence-electron chi connectivity index (χ3n) is 10.4. The zero-order valence-electron chi connectivity index (χ0n) is 36.0. The highest BCUT2D eigenvalue weighted by Crippen LogP contribution is 2.43. The molecule has 0 aromatic rings. The van der Waals surface area contributed by atoms with Crippen LogP contribution in [0.3, 0.4) is 0 Å². The Bertz CT molecular complexity index is 968. The molecule has 0 rings (SSSR count). The van der Waals surface area contributed by atoms with Crippen LogP contribution in [-0.4, -0.2) is 59.9 Å². The predicted octanol–water partition coefficient (Wildman–Crippen LogP) is 12.3. The fraction of sp³-hybridized carbons (Fsp3) is 0.932. The van der Waals surface area contributed by atoms with Gasteiger partial charge in [-0.15, -0.1) is 0 Å². The smallest absolute Gasteiger partial charge is 0.472 e. The number of esters is 2. The number of carbonyl (C=O) groups excluding carboxylic acids is 2. The normalized spacial score (nSPS) is 13.6. The number of carboxylic acid groups (broad SMARTS) is 1. The molecule has 0 fully saturated rings. The van der Waals surface area contributed by atoms with Gasteiger partial charge in [0, 0.05) is 13.3 Å². The van der Waals surface area contributed by atoms with Crippen LogP contribution in [0.2, 0.25) is 0 Å². The van der Waals surface area contributed by atoms with Crippen LogP contribution in [0.25, 0.3) is 0 Å². The lowest BCUT2D eigenvalue weighted by atomic mass is 10.0. The molecule has 0 radical (unpaired) electrons. The molecular formula is C44H86NO10P. The average molecular weight is 820 g/mol. The third kappa shape index (κ3) is 40.7. The highest BCUT2D eigenvalue weighted by molar-refractivity contribution is 7.47. The molecule has 0 aliphatic rings. The Labute approximate surface area is 342 Å². The summed E-state index contributed by atoms with van der Waals surface area (Å²) >= 11 is 0. The monoisotopic (exact) mass is 820 g/mol. The van der Waals surface area contributed by atoms with Crippen LogP contribution in [0.15, 0.2) is 0 Å². The van der Waals surface area contributed by atoms with Crippen molar-refractivity contribution in [1.82, 2.24) is 0 Å². The van der Waals surface area contributed by atoms with E-state index >= 15 is 0 Å². The van der Waals surface area contributed by atoms with E-state index in [0.717, 1.165) is 26.2 Å². The molecule has 12 heteroatoms. The van der Waals surface area contributed by atoms with Crippen molar-refractivity contribution >= 4 is 25.7 Å². The van der Waals surface area contributed by atoms with Crippen LogP contribution < -0.4 is 5.73 Å². The SMILES string of the molecule is CCCCCCCCCCCCCCCCCCCCCCCCCCCCCCCCCCCC(=O)OC[C@H](COP(=O)(O)OC[C@H](N)C(=O)O)OC(C)=O. The van der Waals surface area contributed by atoms with Gasteiger partial charge in [-0.2, -0.15) is 0 Å². The Morgan fingerprint density at radius 2 is 0.821 bits per heavy atom. The largest absolute Gasteiger partial charge is 0.480 e. The first-order chi connectivity index (χ1) is 27.1. The molecule has 0 saturated carbocycles. The molecular weight excluding hydrogens is 733 g/mol. The Hall–Kier alpha value is -1.52. The molecule has 0 aliphatic carbocycles. The molecule has 3 atom stereocenters. The molecule has 0 aromatic carbocycles. The van der Waals surface area contributed by atoms with E-state index in [1.165, 1.54) is 186 Å². The number of aliphatic carboxylic acids is 1. The van der Waals surface area contributed by atoms with Crippen molar-refractivity contribution in [1.29, 1.82) is 0 Å². The zero-order chi connectivity index (χ0) is 41.4. The summed E-state index contributed by atoms with van der Waals surface area (Å²) in [5.41, 5.74) is 5.24. The van der Waals surface area contributed by atoms with Gasteiger partial charge in [0.25, 0.3) is 0 Å². The first-order valence-electron chi connectivity index (χ1n) is 23.0. The highest BCUT2D eigenvalue weighted by Gasteiger charge is 2.27. The third-order valence-corrected chi connectivity index (χ3v) is 11.4. The van der Waals surface area contributed by atoms with E-state index in [2.05, 4.69) is 11.4 Å². The van der Waals surface area contributed by atoms with Crippen LogP contribution in [-0.2, 0) is 37.5 Å². The molecule has 0 saturated heterocycles. The number of unbranched alkanes of at least 4 members (excludes halogenated alkanes) is 32. The van der Waals surface area contributed by atoms with Gasteiger partial charge in [0.1, 0.15) is 12.6 Å². The van der Waals surface area contributed by atoms with Gasteiger partial charge in [-0.25, -0.2) is 4.57 Å². The Balaban J connectivity index is 3.47. The summed E-state index contributed by atoms with van der Waals surface area (Å²) in [7, 11) is -4.66. The fourth-order valence-electron chi connectivity index (χ4n) is 6.89. The van der Waals surface area contributed by atoms with Crippen molar-refractivity contribution < 1.29 is 47.5 Å². The molecule has 1 unspecified atom stereocenters. The van der Waals surface area contributed by atoms with E-state index < -0.39 is 51.1 Å². The standard InChI is InChI=1S/C44H86NO10P/c1-3-4-5-6-7-8-9-10-11-12-13-14-15-16-17-18-19-20-21-22-23-24-25-26-27-28-29-30-31-32-33-34-35-36-43(47)52-37-41(55-40(2)46)38-53-56(50,51)54-39-42(45)44(48)49/h41-42H,3-39,45H2,1-2H3,(H,48,49)(H,50,51)/t41-,42+/m1/s1. The molecule has 0 aromatic heterocycles. The average Bonchev–Trinajstić information content (AvgIpc) is 3.16. The molecule has 11 nitrogen and oxygen atoms in total. The molecule has 0 aliphatic heterocycles. The lowest BCUT2D eigenvalue weighted by Gasteiger charge is -2.19. The van der Waals surface area contributed by atoms with E-state index in [9.17, 15) is 23.8 Å². The minimum atomic E-state index is -4.66. The molecule has 4 N–H and O–H groups in total. The fourth-order valence-corrected chi connectivity index (χ4v) is 7.67. The topological polar surface area (TPSA) is 172 Å². The highest BCUT2D eigenvalue weighted by atomic mass is 31.2. The van der Waals surface area contributed by atoms with Crippen molar-refractivity contribution in [2.24, 2.45) is 5.73 Å². The number of hydrogen-bond acceptors (Lipinski definition) is 9. The number of carbonyl (C=O) groups is 3. The molecule has 332 valence electrons. The molecule has 56 heavy (non-hydrogen) atoms. The second-order valence-electron chi connectivity index (χ2n) is 16.0. The second-order valence-corrected chi connectivity index (χ2v) is 17.4. The van der Waals surface area contributed by atoms with Crippen molar-refractivity contribution in [2.45, 2.75) is 244 Å². The predicted molar refractivity (Wildman–Crippen MR) is 227 cm³/mol. The number of phosphoric acid groups is 1. The van der Waals surface area contributed by atoms with Gasteiger partial charge in [0.2, 0.25) is 0 Å². The molecule has 0 bridgehead atoms. The summed E-state index contributed by atoms with van der Waals surface area (Å²) in [5.74, 6) is -2.56. The Morgan fingerprint density at radius 3 is 1.12 bits per heavy atom. The quantitative estimate of drug-likeness (QED) is 0.0303. The Kier molecular flexibility index (Phi) is 39.2. The second kappa shape index (κ2) is 40.3. The minimum absolute atomic E-state index is 0.224. The maximum absolute atomic E-state index is 12.1. The van der Waals surface area contributed by atoms with E-state index in [0.29, 0.717) is 6.42 Å². The zero-order valence-corrected chi connectivity index (χ0v) is 36.9. The van der Waals surface area contributed by atoms with Crippen molar-refractivity contribution in [3.05, 3.63) is 0 Å². The van der Waals surface area contributed by atoms with Crippen LogP contribution in [0.1, 0.15) is 232 Å². The van der Waals surface area contributed by atoms with Gasteiger partial charge in [0.05, 0.1) is 13.2 Å². The minimum Gasteiger partial charge on any atom is -0.480 e. The lowest BCUT2D eigenvalue weighted by molar-refractivity contribution is -0.159. The van der Waals surface area contributed by atoms with E-state index in [1.54, 1.807) is 0 Å². The van der Waals surface area contributed by atoms with Crippen LogP contribution in [0.4, 0.5) is 0 Å². The number of ether oxygens (including phenoxy) is 2. The van der Waals surface area contributed by atoms with E-state index in [1.807, 2.05) is 0 Å². The van der Waals surface area contributed by atoms with Crippen molar-refractivity contribution in [3.8, 4) is 0 Å². The van der Waals surface area contributed by atoms with Crippen molar-refractivity contribution in [3.63, 3.8) is 0 Å². The summed E-state index contributed by atoms with van der Waals surface area (Å²) in [6.07, 6.45) is 43.7. The van der Waals surface area contributed by atoms with Gasteiger partial charge < -0.3 is 25.2 Å². The maximum Gasteiger partial charge on any atom is 0.472 e. The number of carboxylic acids is 1. The first-order valence-corrected chi connectivity index (χ1v) is 24.5. The van der Waals surface area contributed by atoms with Gasteiger partial charge in [-0.05, 0) is 6.42 Å². The van der Waals surface area contributed by atoms with Gasteiger partial charge in [0.15, 0.2) is 6.10 Å². The maximum atomic E-state index is 12.1. The lowest BCUT2D eigenvalue weighted by Crippen LogP contribution is -2.34. The number of phosphoric ester groups is 1. The number of rotatable bonds is 44. The molecule has 0 amide bonds. The van der Waals surface area contributed by atoms with Gasteiger partial charge in [-0.3, -0.25) is 23.4 Å². The van der Waals surface area contributed by atoms with Crippen molar-refractivity contribution in [2.75, 3.05) is 19.8 Å². The summed E-state index contributed by atoms with van der Waals surface area (Å²) in [6, 6.07) is -1.51. The summed E-state index contributed by atoms with van der Waals surface area (Å²) in [4.78, 5) is 43.9. The molecule has 0 heterocycles. The number of nitrogens with two attached hydrogens (primary N) is 1. The summed E-state index contributed by atoms with van der Waals surface area (Å²) < 4.78 is 31.4. The molecule has 0 spiro atoms. The Morgan fingerprint density at radius 1 is 0.518 bits per heavy atom. The van der Waals surface area contributed by atoms with E-state index in [-0.39, 0.29) is 13.0 Å². The van der Waals surface area contributed by atoms with Crippen LogP contribution >= 0.6 is 7.82 Å². The van der Waals surface area contributed by atoms with Crippen LogP contribution in [0, 0.1) is 0 Å². The van der Waals surface area contributed by atoms with Crippen LogP contribution in [0.5, 0.6) is 0 Å². The summed E-state index contributed by atoms with van der Waals surface area (Å²) in [6.45, 7) is 1.73. The van der Waals surface area contributed by atoms with Gasteiger partial charge >= 0.3 is 25.7 Å². The first kappa shape index (κ1) is 54.5. The summed E-state index contributed by atoms with van der Waals surface area (Å²) in [5, 5.41) is 8.74. The van der Waals surface area contributed by atoms with E-state index in [4.69, 9.17) is 24.8 Å². The number of hydrogen-bond donors (Lipinski definition) is 3.